The van der Waals surface area contributed by atoms with Crippen molar-refractivity contribution in [3.63, 3.8) is 0 Å². The number of amides is 1. The van der Waals surface area contributed by atoms with Crippen molar-refractivity contribution in [3.05, 3.63) is 60.7 Å². The lowest BCUT2D eigenvalue weighted by atomic mass is 10.1. The Morgan fingerprint density at radius 2 is 1.64 bits per heavy atom. The summed E-state index contributed by atoms with van der Waals surface area (Å²) in [5.41, 5.74) is 1.31. The number of sulfonamides is 1. The van der Waals surface area contributed by atoms with Crippen molar-refractivity contribution in [1.82, 2.24) is 4.31 Å². The lowest BCUT2D eigenvalue weighted by molar-refractivity contribution is -0.118. The average Bonchev–Trinajstić information content (AvgIpc) is 2.92. The van der Waals surface area contributed by atoms with E-state index in [0.29, 0.717) is 37.7 Å². The molecule has 0 unspecified atom stereocenters. The molecule has 1 amide bonds. The van der Waals surface area contributed by atoms with Crippen molar-refractivity contribution in [2.45, 2.75) is 24.2 Å². The number of nitrogens with one attached hydrogen (secondary N) is 1. The van der Waals surface area contributed by atoms with Crippen LogP contribution in [0.15, 0.2) is 65.6 Å². The summed E-state index contributed by atoms with van der Waals surface area (Å²) in [7, 11) is -3.69. The first-order chi connectivity index (χ1) is 17.5. The summed E-state index contributed by atoms with van der Waals surface area (Å²) in [6.07, 6.45) is 3.29. The first kappa shape index (κ1) is 24.5. The second-order valence-corrected chi connectivity index (χ2v) is 11.0. The molecule has 0 saturated carbocycles. The van der Waals surface area contributed by atoms with Crippen LogP contribution in [0, 0.1) is 0 Å². The maximum atomic E-state index is 13.3. The van der Waals surface area contributed by atoms with Gasteiger partial charge in [-0.15, -0.1) is 0 Å². The minimum atomic E-state index is -3.69. The van der Waals surface area contributed by atoms with Gasteiger partial charge in [0, 0.05) is 26.2 Å². The predicted octanol–water partition coefficient (Wildman–Crippen LogP) is 3.87. The van der Waals surface area contributed by atoms with E-state index in [1.54, 1.807) is 18.2 Å². The molecule has 0 radical (unpaired) electrons. The van der Waals surface area contributed by atoms with Crippen LogP contribution in [0.3, 0.4) is 0 Å². The van der Waals surface area contributed by atoms with E-state index in [9.17, 15) is 13.2 Å². The Bertz CT molecular complexity index is 1330. The lowest BCUT2D eigenvalue weighted by Crippen LogP contribution is -2.40. The van der Waals surface area contributed by atoms with Gasteiger partial charge in [0.05, 0.1) is 29.5 Å². The van der Waals surface area contributed by atoms with Crippen molar-refractivity contribution < 1.29 is 22.7 Å². The smallest absolute Gasteiger partial charge is 0.262 e. The molecule has 0 spiro atoms. The van der Waals surface area contributed by atoms with E-state index < -0.39 is 10.0 Å². The van der Waals surface area contributed by atoms with Crippen LogP contribution in [0.5, 0.6) is 5.75 Å². The van der Waals surface area contributed by atoms with E-state index in [1.165, 1.54) is 10.7 Å². The lowest BCUT2D eigenvalue weighted by Gasteiger charge is -2.31. The van der Waals surface area contributed by atoms with Crippen LogP contribution in [-0.4, -0.2) is 64.6 Å². The highest BCUT2D eigenvalue weighted by Crippen LogP contribution is 2.32. The fraction of sp³-hybridized carbons (Fsp3) is 0.370. The van der Waals surface area contributed by atoms with Crippen molar-refractivity contribution in [2.24, 2.45) is 0 Å². The second kappa shape index (κ2) is 10.9. The van der Waals surface area contributed by atoms with Gasteiger partial charge in [-0.3, -0.25) is 4.79 Å². The molecule has 5 rings (SSSR count). The van der Waals surface area contributed by atoms with Crippen molar-refractivity contribution in [1.29, 1.82) is 0 Å². The highest BCUT2D eigenvalue weighted by molar-refractivity contribution is 7.89. The third kappa shape index (κ3) is 5.48. The van der Waals surface area contributed by atoms with E-state index in [0.717, 1.165) is 42.4 Å². The van der Waals surface area contributed by atoms with Crippen LogP contribution in [0.1, 0.15) is 19.3 Å². The molecule has 3 aromatic carbocycles. The molecule has 0 bridgehead atoms. The van der Waals surface area contributed by atoms with Gasteiger partial charge >= 0.3 is 0 Å². The van der Waals surface area contributed by atoms with Crippen LogP contribution in [0.2, 0.25) is 0 Å². The molecule has 0 atom stereocenters. The average molecular weight is 510 g/mol. The summed E-state index contributed by atoms with van der Waals surface area (Å²) in [5.74, 6) is 0.256. The molecule has 1 N–H and O–H groups in total. The maximum Gasteiger partial charge on any atom is 0.262 e. The molecule has 190 valence electrons. The molecule has 36 heavy (non-hydrogen) atoms. The first-order valence-electron chi connectivity index (χ1n) is 12.4. The summed E-state index contributed by atoms with van der Waals surface area (Å²) >= 11 is 0. The number of nitrogens with zero attached hydrogens (tertiary/aromatic N) is 2. The molecule has 9 heteroatoms. The number of anilines is 2. The number of morpholine rings is 1. The molecule has 2 aliphatic rings. The number of carbonyl (C=O) groups excluding carboxylic acids is 1. The molecule has 2 heterocycles. The normalized spacial score (nSPS) is 17.2. The summed E-state index contributed by atoms with van der Waals surface area (Å²) in [6.45, 7) is 2.94. The predicted molar refractivity (Wildman–Crippen MR) is 140 cm³/mol. The van der Waals surface area contributed by atoms with E-state index in [-0.39, 0.29) is 17.4 Å². The maximum absolute atomic E-state index is 13.3. The van der Waals surface area contributed by atoms with Gasteiger partial charge in [0.25, 0.3) is 5.91 Å². The zero-order valence-electron chi connectivity index (χ0n) is 20.2. The van der Waals surface area contributed by atoms with E-state index in [1.807, 2.05) is 42.5 Å². The Morgan fingerprint density at radius 3 is 2.42 bits per heavy atom. The number of piperidine rings is 1. The summed E-state index contributed by atoms with van der Waals surface area (Å²) in [6, 6.07) is 18.7. The fourth-order valence-corrected chi connectivity index (χ4v) is 6.15. The van der Waals surface area contributed by atoms with E-state index in [2.05, 4.69) is 10.2 Å². The van der Waals surface area contributed by atoms with Gasteiger partial charge in [-0.2, -0.15) is 4.31 Å². The monoisotopic (exact) mass is 509 g/mol. The quantitative estimate of drug-likeness (QED) is 0.520. The molecule has 2 aliphatic heterocycles. The number of rotatable bonds is 7. The Morgan fingerprint density at radius 1 is 0.889 bits per heavy atom. The van der Waals surface area contributed by atoms with E-state index >= 15 is 0 Å². The molecule has 8 nitrogen and oxygen atoms in total. The van der Waals surface area contributed by atoms with Gasteiger partial charge < -0.3 is 19.7 Å². The van der Waals surface area contributed by atoms with Crippen LogP contribution < -0.4 is 15.0 Å². The third-order valence-corrected chi connectivity index (χ3v) is 8.53. The van der Waals surface area contributed by atoms with Gasteiger partial charge in [0.2, 0.25) is 10.0 Å². The van der Waals surface area contributed by atoms with Gasteiger partial charge in [0.1, 0.15) is 5.75 Å². The molecule has 0 aliphatic carbocycles. The van der Waals surface area contributed by atoms with Crippen LogP contribution >= 0.6 is 0 Å². The van der Waals surface area contributed by atoms with Gasteiger partial charge in [0.15, 0.2) is 6.61 Å². The first-order valence-corrected chi connectivity index (χ1v) is 13.8. The number of ether oxygens (including phenoxy) is 2. The highest BCUT2D eigenvalue weighted by Gasteiger charge is 2.28. The van der Waals surface area contributed by atoms with Gasteiger partial charge in [-0.25, -0.2) is 8.42 Å². The SMILES string of the molecule is O=C(COc1ccc2ccccc2c1)Nc1cc(S(=O)(=O)N2CCOCC2)ccc1N1CCCCC1. The Hall–Kier alpha value is -3.14. The van der Waals surface area contributed by atoms with E-state index in [4.69, 9.17) is 9.47 Å². The third-order valence-electron chi connectivity index (χ3n) is 6.64. The number of hydrogen-bond donors (Lipinski definition) is 1. The van der Waals surface area contributed by atoms with Crippen molar-refractivity contribution >= 4 is 38.1 Å². The molecule has 3 aromatic rings. The molecule has 2 fully saturated rings. The Balaban J connectivity index is 1.35. The Labute approximate surface area is 211 Å². The van der Waals surface area contributed by atoms with Gasteiger partial charge in [-0.05, 0) is 60.4 Å². The molecule has 0 aromatic heterocycles. The summed E-state index contributed by atoms with van der Waals surface area (Å²) < 4.78 is 39.0. The topological polar surface area (TPSA) is 88.2 Å². The number of benzene rings is 3. The fourth-order valence-electron chi connectivity index (χ4n) is 4.71. The minimum absolute atomic E-state index is 0.163. The van der Waals surface area contributed by atoms with Gasteiger partial charge in [-0.1, -0.05) is 30.3 Å². The summed E-state index contributed by atoms with van der Waals surface area (Å²) in [4.78, 5) is 15.3. The van der Waals surface area contributed by atoms with Crippen LogP contribution in [0.25, 0.3) is 10.8 Å². The Kier molecular flexibility index (Phi) is 7.41. The van der Waals surface area contributed by atoms with Crippen LogP contribution in [-0.2, 0) is 19.6 Å². The van der Waals surface area contributed by atoms with Crippen molar-refractivity contribution in [3.8, 4) is 5.75 Å². The highest BCUT2D eigenvalue weighted by atomic mass is 32.2. The zero-order chi connectivity index (χ0) is 25.0. The standard InChI is InChI=1S/C27H31N3O5S/c31-27(20-35-23-9-8-21-6-2-3-7-22(21)18-23)28-25-19-24(36(32,33)30-14-16-34-17-15-30)10-11-26(25)29-12-4-1-5-13-29/h2-3,6-11,18-19H,1,4-5,12-17,20H2,(H,28,31). The molecular weight excluding hydrogens is 478 g/mol. The second-order valence-electron chi connectivity index (χ2n) is 9.09. The summed E-state index contributed by atoms with van der Waals surface area (Å²) in [5, 5.41) is 5.04. The van der Waals surface area contributed by atoms with Crippen molar-refractivity contribution in [2.75, 3.05) is 56.2 Å². The number of hydrogen-bond acceptors (Lipinski definition) is 6. The number of carbonyl (C=O) groups is 1. The largest absolute Gasteiger partial charge is 0.484 e. The number of fused-ring (bicyclic) bond motifs is 1. The molecule has 2 saturated heterocycles. The zero-order valence-corrected chi connectivity index (χ0v) is 21.0. The van der Waals surface area contributed by atoms with Crippen LogP contribution in [0.4, 0.5) is 11.4 Å². The molecular formula is C27H31N3O5S. The minimum Gasteiger partial charge on any atom is -0.484 e.